The molecule has 3 heteroatoms. The van der Waals surface area contributed by atoms with E-state index in [1.807, 2.05) is 43.9 Å². The molecule has 0 aliphatic carbocycles. The molecular weight excluding hydrogens is 214 g/mol. The van der Waals surface area contributed by atoms with Gasteiger partial charge in [-0.15, -0.1) is 0 Å². The van der Waals surface area contributed by atoms with Crippen LogP contribution in [0.5, 0.6) is 0 Å². The van der Waals surface area contributed by atoms with E-state index in [1.54, 1.807) is 0 Å². The molecule has 17 heavy (non-hydrogen) atoms. The number of aliphatic hydroxyl groups is 1. The van der Waals surface area contributed by atoms with Gasteiger partial charge in [0.05, 0.1) is 0 Å². The van der Waals surface area contributed by atoms with Crippen molar-refractivity contribution in [2.24, 2.45) is 5.41 Å². The van der Waals surface area contributed by atoms with Gasteiger partial charge in [-0.3, -0.25) is 4.79 Å². The second-order valence-corrected chi connectivity index (χ2v) is 5.59. The van der Waals surface area contributed by atoms with E-state index in [0.29, 0.717) is 13.1 Å². The van der Waals surface area contributed by atoms with Crippen LogP contribution in [-0.2, 0) is 6.54 Å². The molecule has 0 saturated carbocycles. The lowest BCUT2D eigenvalue weighted by atomic mass is 9.94. The van der Waals surface area contributed by atoms with Crippen LogP contribution in [0.1, 0.15) is 35.3 Å². The molecule has 1 aromatic carbocycles. The number of carbonyl (C=O) groups is 1. The fourth-order valence-corrected chi connectivity index (χ4v) is 2.30. The molecule has 0 bridgehead atoms. The first-order valence-corrected chi connectivity index (χ1v) is 5.93. The van der Waals surface area contributed by atoms with Crippen LogP contribution in [0.15, 0.2) is 18.2 Å². The molecule has 0 radical (unpaired) electrons. The third-order valence-electron chi connectivity index (χ3n) is 3.27. The molecule has 0 atom stereocenters. The summed E-state index contributed by atoms with van der Waals surface area (Å²) in [6.45, 7) is 7.26. The Balaban J connectivity index is 2.24. The molecule has 1 amide bonds. The Labute approximate surface area is 102 Å². The van der Waals surface area contributed by atoms with Gasteiger partial charge in [-0.05, 0) is 18.1 Å². The van der Waals surface area contributed by atoms with Crippen LogP contribution in [0.2, 0.25) is 0 Å². The lowest BCUT2D eigenvalue weighted by molar-refractivity contribution is 0.0625. The Morgan fingerprint density at radius 2 is 2.12 bits per heavy atom. The molecular formula is C14H19NO2. The van der Waals surface area contributed by atoms with Crippen molar-refractivity contribution in [1.82, 2.24) is 4.90 Å². The number of carbonyl (C=O) groups excluding carboxylic acids is 1. The van der Waals surface area contributed by atoms with Crippen molar-refractivity contribution in [2.45, 2.75) is 27.3 Å². The minimum atomic E-state index is -0.244. The molecule has 0 spiro atoms. The summed E-state index contributed by atoms with van der Waals surface area (Å²) in [6, 6.07) is 5.96. The Morgan fingerprint density at radius 3 is 2.71 bits per heavy atom. The maximum atomic E-state index is 12.3. The first-order chi connectivity index (χ1) is 7.94. The van der Waals surface area contributed by atoms with Crippen molar-refractivity contribution in [3.8, 4) is 0 Å². The number of hydrogen-bond donors (Lipinski definition) is 1. The zero-order valence-corrected chi connectivity index (χ0v) is 10.7. The molecule has 3 nitrogen and oxygen atoms in total. The average Bonchev–Trinajstić information content (AvgIpc) is 2.57. The molecule has 0 saturated heterocycles. The molecule has 1 N–H and O–H groups in total. The molecule has 1 aromatic rings. The number of fused-ring (bicyclic) bond motifs is 1. The molecule has 1 heterocycles. The van der Waals surface area contributed by atoms with Crippen molar-refractivity contribution in [1.29, 1.82) is 0 Å². The third-order valence-corrected chi connectivity index (χ3v) is 3.27. The summed E-state index contributed by atoms with van der Waals surface area (Å²) in [6.07, 6.45) is 0. The van der Waals surface area contributed by atoms with Crippen LogP contribution >= 0.6 is 0 Å². The predicted molar refractivity (Wildman–Crippen MR) is 66.8 cm³/mol. The van der Waals surface area contributed by atoms with E-state index in [1.165, 1.54) is 0 Å². The van der Waals surface area contributed by atoms with Gasteiger partial charge in [-0.1, -0.05) is 32.0 Å². The van der Waals surface area contributed by atoms with Crippen LogP contribution in [0.3, 0.4) is 0 Å². The lowest BCUT2D eigenvalue weighted by Crippen LogP contribution is -2.36. The summed E-state index contributed by atoms with van der Waals surface area (Å²) in [4.78, 5) is 14.1. The van der Waals surface area contributed by atoms with E-state index in [-0.39, 0.29) is 17.9 Å². The summed E-state index contributed by atoms with van der Waals surface area (Å²) in [5, 5.41) is 9.27. The maximum absolute atomic E-state index is 12.3. The van der Waals surface area contributed by atoms with Crippen molar-refractivity contribution in [3.05, 3.63) is 34.9 Å². The number of amides is 1. The fraction of sp³-hybridized carbons (Fsp3) is 0.500. The zero-order valence-electron chi connectivity index (χ0n) is 10.7. The maximum Gasteiger partial charge on any atom is 0.254 e. The third kappa shape index (κ3) is 2.20. The van der Waals surface area contributed by atoms with E-state index in [0.717, 1.165) is 16.7 Å². The second kappa shape index (κ2) is 4.15. The number of nitrogens with zero attached hydrogens (tertiary/aromatic N) is 1. The molecule has 1 aliphatic rings. The van der Waals surface area contributed by atoms with Gasteiger partial charge in [0, 0.05) is 30.7 Å². The largest absolute Gasteiger partial charge is 0.396 e. The van der Waals surface area contributed by atoms with Crippen molar-refractivity contribution in [3.63, 3.8) is 0 Å². The van der Waals surface area contributed by atoms with E-state index < -0.39 is 0 Å². The van der Waals surface area contributed by atoms with Gasteiger partial charge in [0.25, 0.3) is 5.91 Å². The number of aliphatic hydroxyl groups excluding tert-OH is 1. The number of rotatable bonds is 3. The first-order valence-electron chi connectivity index (χ1n) is 5.93. The Hall–Kier alpha value is -1.35. The van der Waals surface area contributed by atoms with Gasteiger partial charge in [-0.25, -0.2) is 0 Å². The van der Waals surface area contributed by atoms with Gasteiger partial charge in [0.1, 0.15) is 0 Å². The normalized spacial score (nSPS) is 15.3. The number of aryl methyl sites for hydroxylation is 1. The molecule has 0 unspecified atom stereocenters. The summed E-state index contributed by atoms with van der Waals surface area (Å²) >= 11 is 0. The van der Waals surface area contributed by atoms with Gasteiger partial charge < -0.3 is 10.0 Å². The second-order valence-electron chi connectivity index (χ2n) is 5.59. The number of hydrogen-bond acceptors (Lipinski definition) is 2. The molecule has 2 rings (SSSR count). The van der Waals surface area contributed by atoms with Crippen LogP contribution in [0.4, 0.5) is 0 Å². The van der Waals surface area contributed by atoms with Gasteiger partial charge in [0.15, 0.2) is 0 Å². The van der Waals surface area contributed by atoms with Crippen LogP contribution in [0.25, 0.3) is 0 Å². The topological polar surface area (TPSA) is 40.5 Å². The zero-order chi connectivity index (χ0) is 12.6. The molecule has 1 aliphatic heterocycles. The van der Waals surface area contributed by atoms with E-state index in [2.05, 4.69) is 0 Å². The van der Waals surface area contributed by atoms with Crippen molar-refractivity contribution in [2.75, 3.05) is 13.2 Å². The van der Waals surface area contributed by atoms with E-state index in [9.17, 15) is 9.90 Å². The van der Waals surface area contributed by atoms with Crippen molar-refractivity contribution < 1.29 is 9.90 Å². The minimum Gasteiger partial charge on any atom is -0.396 e. The van der Waals surface area contributed by atoms with Crippen LogP contribution in [0, 0.1) is 12.3 Å². The van der Waals surface area contributed by atoms with Crippen LogP contribution < -0.4 is 0 Å². The highest BCUT2D eigenvalue weighted by molar-refractivity contribution is 5.99. The summed E-state index contributed by atoms with van der Waals surface area (Å²) < 4.78 is 0. The SMILES string of the molecule is Cc1cccc2c1C(=O)N(CC(C)(C)CO)C2. The quantitative estimate of drug-likeness (QED) is 0.867. The Kier molecular flexibility index (Phi) is 2.96. The Bertz CT molecular complexity index is 452. The highest BCUT2D eigenvalue weighted by atomic mass is 16.3. The predicted octanol–water partition coefficient (Wildman–Crippen LogP) is 1.97. The first kappa shape index (κ1) is 12.1. The van der Waals surface area contributed by atoms with Crippen LogP contribution in [-0.4, -0.2) is 29.1 Å². The molecule has 92 valence electrons. The fourth-order valence-electron chi connectivity index (χ4n) is 2.30. The van der Waals surface area contributed by atoms with Gasteiger partial charge in [-0.2, -0.15) is 0 Å². The monoisotopic (exact) mass is 233 g/mol. The lowest BCUT2D eigenvalue weighted by Gasteiger charge is -2.28. The van der Waals surface area contributed by atoms with Gasteiger partial charge in [0.2, 0.25) is 0 Å². The van der Waals surface area contributed by atoms with E-state index in [4.69, 9.17) is 0 Å². The summed E-state index contributed by atoms with van der Waals surface area (Å²) in [5.74, 6) is 0.0969. The minimum absolute atomic E-state index is 0.0894. The smallest absolute Gasteiger partial charge is 0.254 e. The standard InChI is InChI=1S/C14H19NO2/c1-10-5-4-6-11-7-15(13(17)12(10)11)8-14(2,3)9-16/h4-6,16H,7-9H2,1-3H3. The highest BCUT2D eigenvalue weighted by Gasteiger charge is 2.32. The van der Waals surface area contributed by atoms with E-state index >= 15 is 0 Å². The highest BCUT2D eigenvalue weighted by Crippen LogP contribution is 2.28. The van der Waals surface area contributed by atoms with Crippen molar-refractivity contribution >= 4 is 5.91 Å². The average molecular weight is 233 g/mol. The number of benzene rings is 1. The molecule has 0 fully saturated rings. The summed E-state index contributed by atoms with van der Waals surface area (Å²) in [7, 11) is 0. The Morgan fingerprint density at radius 1 is 1.41 bits per heavy atom. The molecule has 0 aromatic heterocycles. The summed E-state index contributed by atoms with van der Waals surface area (Å²) in [5.41, 5.74) is 2.74. The van der Waals surface area contributed by atoms with Gasteiger partial charge >= 0.3 is 0 Å².